The molecular formula is C12H16ClNO. The third kappa shape index (κ3) is 3.10. The van der Waals surface area contributed by atoms with Crippen LogP contribution < -0.4 is 4.74 Å². The van der Waals surface area contributed by atoms with E-state index in [0.717, 1.165) is 24.0 Å². The van der Waals surface area contributed by atoms with Gasteiger partial charge in [-0.2, -0.15) is 0 Å². The Morgan fingerprint density at radius 3 is 2.73 bits per heavy atom. The zero-order valence-electron chi connectivity index (χ0n) is 8.79. The second kappa shape index (κ2) is 5.36. The van der Waals surface area contributed by atoms with Crippen molar-refractivity contribution < 1.29 is 4.74 Å². The van der Waals surface area contributed by atoms with Crippen LogP contribution in [0.25, 0.3) is 0 Å². The Hall–Kier alpha value is -0.760. The Morgan fingerprint density at radius 2 is 2.13 bits per heavy atom. The van der Waals surface area contributed by atoms with Gasteiger partial charge in [-0.05, 0) is 24.3 Å². The third-order valence-electron chi connectivity index (χ3n) is 2.89. The van der Waals surface area contributed by atoms with E-state index in [0.29, 0.717) is 5.88 Å². The summed E-state index contributed by atoms with van der Waals surface area (Å²) in [5, 5.41) is 0. The summed E-state index contributed by atoms with van der Waals surface area (Å²) in [6, 6.07) is 3.86. The zero-order chi connectivity index (χ0) is 10.5. The van der Waals surface area contributed by atoms with Gasteiger partial charge in [-0.3, -0.25) is 0 Å². The zero-order valence-corrected chi connectivity index (χ0v) is 9.54. The second-order valence-electron chi connectivity index (χ2n) is 4.10. The maximum Gasteiger partial charge on any atom is 0.213 e. The lowest BCUT2D eigenvalue weighted by Crippen LogP contribution is -2.08. The molecule has 1 heterocycles. The second-order valence-corrected chi connectivity index (χ2v) is 4.37. The molecule has 0 spiro atoms. The standard InChI is InChI=1S/C12H16ClNO/c13-7-11-5-6-12(14-8-11)15-9-10-3-1-2-4-10/h5-6,8,10H,1-4,7,9H2. The van der Waals surface area contributed by atoms with Gasteiger partial charge in [0.1, 0.15) is 0 Å². The Morgan fingerprint density at radius 1 is 1.33 bits per heavy atom. The van der Waals surface area contributed by atoms with Crippen LogP contribution >= 0.6 is 11.6 Å². The fraction of sp³-hybridized carbons (Fsp3) is 0.583. The summed E-state index contributed by atoms with van der Waals surface area (Å²) in [5.41, 5.74) is 1.03. The van der Waals surface area contributed by atoms with Gasteiger partial charge in [0.25, 0.3) is 0 Å². The first-order valence-corrected chi connectivity index (χ1v) is 6.05. The van der Waals surface area contributed by atoms with Crippen molar-refractivity contribution in [2.45, 2.75) is 31.6 Å². The van der Waals surface area contributed by atoms with Crippen molar-refractivity contribution in [2.75, 3.05) is 6.61 Å². The highest BCUT2D eigenvalue weighted by molar-refractivity contribution is 6.17. The Bertz CT molecular complexity index is 293. The van der Waals surface area contributed by atoms with Crippen LogP contribution in [-0.4, -0.2) is 11.6 Å². The molecule has 0 saturated heterocycles. The summed E-state index contributed by atoms with van der Waals surface area (Å²) >= 11 is 5.68. The minimum absolute atomic E-state index is 0.510. The van der Waals surface area contributed by atoms with Gasteiger partial charge in [0, 0.05) is 18.1 Å². The van der Waals surface area contributed by atoms with Crippen molar-refractivity contribution in [1.29, 1.82) is 0 Å². The number of alkyl halides is 1. The summed E-state index contributed by atoms with van der Waals surface area (Å²) in [4.78, 5) is 4.20. The average molecular weight is 226 g/mol. The number of hydrogen-bond acceptors (Lipinski definition) is 2. The van der Waals surface area contributed by atoms with Crippen LogP contribution in [-0.2, 0) is 5.88 Å². The molecule has 1 aliphatic rings. The molecule has 1 aromatic rings. The predicted octanol–water partition coefficient (Wildman–Crippen LogP) is 3.39. The molecule has 0 bridgehead atoms. The maximum atomic E-state index is 5.68. The normalized spacial score (nSPS) is 16.9. The molecule has 0 amide bonds. The number of nitrogens with zero attached hydrogens (tertiary/aromatic N) is 1. The first-order chi connectivity index (χ1) is 7.38. The fourth-order valence-corrected chi connectivity index (χ4v) is 2.11. The van der Waals surface area contributed by atoms with Crippen LogP contribution in [0, 0.1) is 5.92 Å². The van der Waals surface area contributed by atoms with E-state index < -0.39 is 0 Å². The van der Waals surface area contributed by atoms with Crippen LogP contribution in [0.2, 0.25) is 0 Å². The van der Waals surface area contributed by atoms with Crippen molar-refractivity contribution in [3.05, 3.63) is 23.9 Å². The molecule has 2 rings (SSSR count). The first kappa shape index (κ1) is 10.7. The van der Waals surface area contributed by atoms with Gasteiger partial charge in [0.15, 0.2) is 0 Å². The van der Waals surface area contributed by atoms with E-state index in [1.807, 2.05) is 12.1 Å². The largest absolute Gasteiger partial charge is 0.477 e. The van der Waals surface area contributed by atoms with Crippen molar-refractivity contribution in [2.24, 2.45) is 5.92 Å². The number of pyridine rings is 1. The van der Waals surface area contributed by atoms with Crippen molar-refractivity contribution >= 4 is 11.6 Å². The molecule has 82 valence electrons. The molecule has 15 heavy (non-hydrogen) atoms. The number of halogens is 1. The quantitative estimate of drug-likeness (QED) is 0.733. The summed E-state index contributed by atoms with van der Waals surface area (Å²) in [6.45, 7) is 0.813. The molecule has 0 radical (unpaired) electrons. The van der Waals surface area contributed by atoms with E-state index in [-0.39, 0.29) is 0 Å². The van der Waals surface area contributed by atoms with E-state index in [2.05, 4.69) is 4.98 Å². The highest BCUT2D eigenvalue weighted by Gasteiger charge is 2.15. The molecule has 1 fully saturated rings. The molecule has 0 aliphatic heterocycles. The SMILES string of the molecule is ClCc1ccc(OCC2CCCC2)nc1. The summed E-state index contributed by atoms with van der Waals surface area (Å²) < 4.78 is 5.64. The minimum Gasteiger partial charge on any atom is -0.477 e. The molecular weight excluding hydrogens is 210 g/mol. The lowest BCUT2D eigenvalue weighted by Gasteiger charge is -2.10. The molecule has 0 aromatic carbocycles. The molecule has 1 saturated carbocycles. The van der Waals surface area contributed by atoms with Crippen LogP contribution in [0.5, 0.6) is 5.88 Å². The van der Waals surface area contributed by atoms with Gasteiger partial charge in [0.05, 0.1) is 6.61 Å². The van der Waals surface area contributed by atoms with Gasteiger partial charge >= 0.3 is 0 Å². The summed E-state index contributed by atoms with van der Waals surface area (Å²) in [6.07, 6.45) is 7.09. The van der Waals surface area contributed by atoms with Crippen LogP contribution in [0.1, 0.15) is 31.2 Å². The van der Waals surface area contributed by atoms with Gasteiger partial charge in [-0.1, -0.05) is 18.9 Å². The van der Waals surface area contributed by atoms with Gasteiger partial charge in [0.2, 0.25) is 5.88 Å². The lowest BCUT2D eigenvalue weighted by atomic mass is 10.1. The summed E-state index contributed by atoms with van der Waals surface area (Å²) in [7, 11) is 0. The predicted molar refractivity (Wildman–Crippen MR) is 61.2 cm³/mol. The van der Waals surface area contributed by atoms with Gasteiger partial charge in [-0.25, -0.2) is 4.98 Å². The first-order valence-electron chi connectivity index (χ1n) is 5.52. The van der Waals surface area contributed by atoms with E-state index in [9.17, 15) is 0 Å². The Kier molecular flexibility index (Phi) is 3.84. The monoisotopic (exact) mass is 225 g/mol. The topological polar surface area (TPSA) is 22.1 Å². The average Bonchev–Trinajstić information content (AvgIpc) is 2.80. The third-order valence-corrected chi connectivity index (χ3v) is 3.20. The molecule has 0 N–H and O–H groups in total. The van der Waals surface area contributed by atoms with Gasteiger partial charge < -0.3 is 4.74 Å². The van der Waals surface area contributed by atoms with E-state index in [1.165, 1.54) is 25.7 Å². The molecule has 0 atom stereocenters. The molecule has 1 aliphatic carbocycles. The van der Waals surface area contributed by atoms with Crippen LogP contribution in [0.4, 0.5) is 0 Å². The molecule has 1 aromatic heterocycles. The highest BCUT2D eigenvalue weighted by atomic mass is 35.5. The number of aromatic nitrogens is 1. The van der Waals surface area contributed by atoms with E-state index in [1.54, 1.807) is 6.20 Å². The number of ether oxygens (including phenoxy) is 1. The maximum absolute atomic E-state index is 5.68. The lowest BCUT2D eigenvalue weighted by molar-refractivity contribution is 0.243. The Labute approximate surface area is 95.6 Å². The molecule has 3 heteroatoms. The van der Waals surface area contributed by atoms with Crippen LogP contribution in [0.3, 0.4) is 0 Å². The smallest absolute Gasteiger partial charge is 0.213 e. The number of hydrogen-bond donors (Lipinski definition) is 0. The Balaban J connectivity index is 1.82. The van der Waals surface area contributed by atoms with Crippen LogP contribution in [0.15, 0.2) is 18.3 Å². The van der Waals surface area contributed by atoms with Crippen molar-refractivity contribution in [1.82, 2.24) is 4.98 Å². The highest BCUT2D eigenvalue weighted by Crippen LogP contribution is 2.25. The fourth-order valence-electron chi connectivity index (χ4n) is 1.96. The van der Waals surface area contributed by atoms with E-state index in [4.69, 9.17) is 16.3 Å². The van der Waals surface area contributed by atoms with E-state index >= 15 is 0 Å². The molecule has 0 unspecified atom stereocenters. The molecule has 2 nitrogen and oxygen atoms in total. The summed E-state index contributed by atoms with van der Waals surface area (Å²) in [5.74, 6) is 1.96. The van der Waals surface area contributed by atoms with Crippen molar-refractivity contribution in [3.8, 4) is 5.88 Å². The van der Waals surface area contributed by atoms with Crippen molar-refractivity contribution in [3.63, 3.8) is 0 Å². The van der Waals surface area contributed by atoms with Gasteiger partial charge in [-0.15, -0.1) is 11.6 Å². The number of rotatable bonds is 4. The minimum atomic E-state index is 0.510.